The number of alkyl halides is 2. The van der Waals surface area contributed by atoms with Crippen molar-refractivity contribution in [1.82, 2.24) is 0 Å². The van der Waals surface area contributed by atoms with Crippen molar-refractivity contribution < 1.29 is 18.5 Å². The third-order valence-electron chi connectivity index (χ3n) is 3.37. The Kier molecular flexibility index (Phi) is 7.42. The summed E-state index contributed by atoms with van der Waals surface area (Å²) in [6.45, 7) is 0. The number of hydrogen-bond donors (Lipinski definition) is 1. The zero-order valence-corrected chi connectivity index (χ0v) is 15.0. The highest BCUT2D eigenvalue weighted by Crippen LogP contribution is 2.26. The zero-order chi connectivity index (χ0) is 20.5. The van der Waals surface area contributed by atoms with Gasteiger partial charge >= 0.3 is 0 Å². The van der Waals surface area contributed by atoms with E-state index in [1.54, 1.807) is 12.1 Å². The summed E-state index contributed by atoms with van der Waals surface area (Å²) >= 11 is 0.382. The Morgan fingerprint density at radius 3 is 2.50 bits per heavy atom. The van der Waals surface area contributed by atoms with Crippen LogP contribution in [0.1, 0.15) is 5.56 Å². The molecule has 0 atom stereocenters. The van der Waals surface area contributed by atoms with Crippen LogP contribution in [0.5, 0.6) is 0 Å². The maximum atomic E-state index is 12.3. The van der Waals surface area contributed by atoms with Crippen molar-refractivity contribution in [3.8, 4) is 6.07 Å². The number of nitro benzene ring substituents is 1. The Morgan fingerprint density at radius 1 is 1.21 bits per heavy atom. The van der Waals surface area contributed by atoms with Gasteiger partial charge in [-0.2, -0.15) is 14.0 Å². The normalized spacial score (nSPS) is 11.4. The Bertz CT molecular complexity index is 967. The minimum Gasteiger partial charge on any atom is -0.321 e. The molecule has 0 aliphatic heterocycles. The van der Waals surface area contributed by atoms with E-state index in [4.69, 9.17) is 5.26 Å². The van der Waals surface area contributed by atoms with E-state index in [-0.39, 0.29) is 11.3 Å². The second-order valence-corrected chi connectivity index (χ2v) is 6.29. The summed E-state index contributed by atoms with van der Waals surface area (Å²) in [6.07, 6.45) is 4.01. The number of nitrogens with one attached hydrogen (secondary N) is 1. The van der Waals surface area contributed by atoms with Crippen LogP contribution in [0.25, 0.3) is 6.08 Å². The van der Waals surface area contributed by atoms with Gasteiger partial charge in [-0.05, 0) is 42.5 Å². The SMILES string of the molecule is N#CC(=C/C=C/c1ccccc1[N+](=O)[O-])C(=O)Nc1ccc(SC(F)F)cc1. The van der Waals surface area contributed by atoms with Gasteiger partial charge in [-0.3, -0.25) is 14.9 Å². The van der Waals surface area contributed by atoms with Crippen molar-refractivity contribution in [1.29, 1.82) is 5.26 Å². The molecule has 0 fully saturated rings. The molecule has 0 aliphatic rings. The molecule has 1 N–H and O–H groups in total. The fourth-order valence-electron chi connectivity index (χ4n) is 2.12. The summed E-state index contributed by atoms with van der Waals surface area (Å²) in [5.41, 5.74) is 0.346. The molecule has 0 bridgehead atoms. The molecule has 2 aromatic carbocycles. The average Bonchev–Trinajstić information content (AvgIpc) is 2.66. The molecule has 142 valence electrons. The summed E-state index contributed by atoms with van der Waals surface area (Å²) in [4.78, 5) is 22.9. The van der Waals surface area contributed by atoms with Crippen molar-refractivity contribution in [2.24, 2.45) is 0 Å². The number of halogens is 2. The number of benzene rings is 2. The predicted molar refractivity (Wildman–Crippen MR) is 103 cm³/mol. The number of carbonyl (C=O) groups excluding carboxylic acids is 1. The Hall–Kier alpha value is -3.51. The second-order valence-electron chi connectivity index (χ2n) is 5.22. The van der Waals surface area contributed by atoms with E-state index < -0.39 is 16.6 Å². The highest BCUT2D eigenvalue weighted by atomic mass is 32.2. The molecular formula is C19H13F2N3O3S. The van der Waals surface area contributed by atoms with E-state index >= 15 is 0 Å². The average molecular weight is 401 g/mol. The molecule has 0 saturated carbocycles. The van der Waals surface area contributed by atoms with E-state index in [2.05, 4.69) is 5.32 Å². The van der Waals surface area contributed by atoms with Gasteiger partial charge in [0.15, 0.2) is 0 Å². The van der Waals surface area contributed by atoms with Crippen LogP contribution in [0.4, 0.5) is 20.2 Å². The molecule has 0 radical (unpaired) electrons. The predicted octanol–water partition coefficient (Wildman–Crippen LogP) is 5.01. The van der Waals surface area contributed by atoms with Gasteiger partial charge in [0.25, 0.3) is 17.4 Å². The summed E-state index contributed by atoms with van der Waals surface area (Å²) in [5.74, 6) is -3.23. The standard InChI is InChI=1S/C19H13F2N3O3S/c20-19(21)28-16-10-8-15(9-11-16)23-18(25)14(12-22)6-3-5-13-4-1-2-7-17(13)24(26)27/h1-11,19H,(H,23,25)/b5-3+,14-6?. The molecular weight excluding hydrogens is 388 g/mol. The highest BCUT2D eigenvalue weighted by Gasteiger charge is 2.11. The van der Waals surface area contributed by atoms with Crippen LogP contribution in [0.2, 0.25) is 0 Å². The largest absolute Gasteiger partial charge is 0.321 e. The molecule has 1 amide bonds. The van der Waals surface area contributed by atoms with Crippen molar-refractivity contribution in [3.05, 3.63) is 81.9 Å². The maximum Gasteiger partial charge on any atom is 0.288 e. The number of amides is 1. The zero-order valence-electron chi connectivity index (χ0n) is 14.2. The Morgan fingerprint density at radius 2 is 1.89 bits per heavy atom. The van der Waals surface area contributed by atoms with Crippen LogP contribution in [0, 0.1) is 21.4 Å². The molecule has 0 aliphatic carbocycles. The summed E-state index contributed by atoms with van der Waals surface area (Å²) in [6, 6.07) is 13.5. The molecule has 2 rings (SSSR count). The first-order chi connectivity index (χ1) is 13.4. The van der Waals surface area contributed by atoms with Crippen LogP contribution < -0.4 is 5.32 Å². The van der Waals surface area contributed by atoms with Gasteiger partial charge in [0.05, 0.1) is 10.5 Å². The fourth-order valence-corrected chi connectivity index (χ4v) is 2.62. The number of anilines is 1. The van der Waals surface area contributed by atoms with Crippen molar-refractivity contribution in [2.45, 2.75) is 10.7 Å². The van der Waals surface area contributed by atoms with E-state index in [1.807, 2.05) is 0 Å². The lowest BCUT2D eigenvalue weighted by atomic mass is 10.1. The third-order valence-corrected chi connectivity index (χ3v) is 4.10. The Balaban J connectivity index is 2.09. The lowest BCUT2D eigenvalue weighted by molar-refractivity contribution is -0.385. The first kappa shape index (κ1) is 20.8. The molecule has 0 unspecified atom stereocenters. The first-order valence-corrected chi connectivity index (χ1v) is 8.67. The highest BCUT2D eigenvalue weighted by molar-refractivity contribution is 7.99. The van der Waals surface area contributed by atoms with Crippen LogP contribution >= 0.6 is 11.8 Å². The number of allylic oxidation sites excluding steroid dienone is 2. The topological polar surface area (TPSA) is 96.0 Å². The summed E-state index contributed by atoms with van der Waals surface area (Å²) < 4.78 is 24.6. The van der Waals surface area contributed by atoms with Crippen molar-refractivity contribution in [2.75, 3.05) is 5.32 Å². The number of rotatable bonds is 7. The lowest BCUT2D eigenvalue weighted by Crippen LogP contribution is -2.13. The fraction of sp³-hybridized carbons (Fsp3) is 0.0526. The number of carbonyl (C=O) groups is 1. The summed E-state index contributed by atoms with van der Waals surface area (Å²) in [5, 5.41) is 22.6. The third kappa shape index (κ3) is 6.03. The first-order valence-electron chi connectivity index (χ1n) is 7.79. The minimum absolute atomic E-state index is 0.100. The molecule has 0 heterocycles. The molecule has 28 heavy (non-hydrogen) atoms. The van der Waals surface area contributed by atoms with Gasteiger partial charge < -0.3 is 5.32 Å². The van der Waals surface area contributed by atoms with Gasteiger partial charge in [0, 0.05) is 16.6 Å². The van der Waals surface area contributed by atoms with Gasteiger partial charge in [-0.15, -0.1) is 0 Å². The number of nitro groups is 1. The van der Waals surface area contributed by atoms with Crippen LogP contribution in [0.3, 0.4) is 0 Å². The molecule has 0 aromatic heterocycles. The van der Waals surface area contributed by atoms with Crippen LogP contribution in [0.15, 0.2) is 71.2 Å². The van der Waals surface area contributed by atoms with Gasteiger partial charge in [0.2, 0.25) is 0 Å². The monoisotopic (exact) mass is 401 g/mol. The molecule has 6 nitrogen and oxygen atoms in total. The van der Waals surface area contributed by atoms with E-state index in [1.165, 1.54) is 60.7 Å². The number of thioether (sulfide) groups is 1. The Labute approximate surface area is 163 Å². The molecule has 2 aromatic rings. The summed E-state index contributed by atoms with van der Waals surface area (Å²) in [7, 11) is 0. The maximum absolute atomic E-state index is 12.3. The van der Waals surface area contributed by atoms with Gasteiger partial charge in [-0.25, -0.2) is 0 Å². The number of para-hydroxylation sites is 1. The number of nitriles is 1. The molecule has 0 saturated heterocycles. The molecule has 9 heteroatoms. The van der Waals surface area contributed by atoms with E-state index in [0.29, 0.717) is 27.9 Å². The second kappa shape index (κ2) is 9.99. The quantitative estimate of drug-likeness (QED) is 0.176. The van der Waals surface area contributed by atoms with Gasteiger partial charge in [-0.1, -0.05) is 30.0 Å². The van der Waals surface area contributed by atoms with E-state index in [9.17, 15) is 23.7 Å². The molecule has 0 spiro atoms. The number of nitrogens with zero attached hydrogens (tertiary/aromatic N) is 2. The van der Waals surface area contributed by atoms with Crippen molar-refractivity contribution in [3.63, 3.8) is 0 Å². The minimum atomic E-state index is -2.54. The smallest absolute Gasteiger partial charge is 0.288 e. The van der Waals surface area contributed by atoms with Gasteiger partial charge in [0.1, 0.15) is 11.6 Å². The van der Waals surface area contributed by atoms with Crippen molar-refractivity contribution >= 4 is 35.1 Å². The van der Waals surface area contributed by atoms with Crippen LogP contribution in [-0.2, 0) is 4.79 Å². The lowest BCUT2D eigenvalue weighted by Gasteiger charge is -2.05. The number of hydrogen-bond acceptors (Lipinski definition) is 5. The van der Waals surface area contributed by atoms with E-state index in [0.717, 1.165) is 0 Å². The van der Waals surface area contributed by atoms with Crippen LogP contribution in [-0.4, -0.2) is 16.6 Å².